The highest BCUT2D eigenvalue weighted by Gasteiger charge is 2.37. The summed E-state index contributed by atoms with van der Waals surface area (Å²) in [7, 11) is 0. The molecule has 2 saturated heterocycles. The van der Waals surface area contributed by atoms with Gasteiger partial charge in [-0.2, -0.15) is 0 Å². The number of aliphatic carboxylic acids is 1. The second-order valence-electron chi connectivity index (χ2n) is 6.65. The number of hydrogen-bond acceptors (Lipinski definition) is 2. The number of fused-ring (bicyclic) bond motifs is 3. The van der Waals surface area contributed by atoms with Crippen LogP contribution in [-0.2, 0) is 16.0 Å². The predicted octanol–water partition coefficient (Wildman–Crippen LogP) is 2.72. The highest BCUT2D eigenvalue weighted by molar-refractivity contribution is 5.83. The number of amides is 1. The predicted molar refractivity (Wildman–Crippen MR) is 83.3 cm³/mol. The molecule has 118 valence electrons. The Morgan fingerprint density at radius 3 is 2.36 bits per heavy atom. The van der Waals surface area contributed by atoms with Gasteiger partial charge >= 0.3 is 5.97 Å². The number of benzene rings is 1. The minimum Gasteiger partial charge on any atom is -0.481 e. The Bertz CT molecular complexity index is 535. The number of carbonyl (C=O) groups excluding carboxylic acids is 1. The monoisotopic (exact) mass is 301 g/mol. The van der Waals surface area contributed by atoms with Crippen molar-refractivity contribution in [2.24, 2.45) is 11.8 Å². The van der Waals surface area contributed by atoms with Crippen LogP contribution in [0.1, 0.15) is 37.7 Å². The second kappa shape index (κ2) is 6.51. The lowest BCUT2D eigenvalue weighted by atomic mass is 9.79. The number of carbonyl (C=O) groups is 2. The lowest BCUT2D eigenvalue weighted by Crippen LogP contribution is -2.51. The van der Waals surface area contributed by atoms with Gasteiger partial charge in [-0.15, -0.1) is 0 Å². The van der Waals surface area contributed by atoms with Crippen molar-refractivity contribution in [3.63, 3.8) is 0 Å². The van der Waals surface area contributed by atoms with E-state index >= 15 is 0 Å². The van der Waals surface area contributed by atoms with Crippen molar-refractivity contribution in [3.8, 4) is 0 Å². The largest absolute Gasteiger partial charge is 0.481 e. The molecule has 4 nitrogen and oxygen atoms in total. The summed E-state index contributed by atoms with van der Waals surface area (Å²) in [6.45, 7) is 0.835. The molecule has 4 rings (SSSR count). The molecular formula is C18H23NO3. The van der Waals surface area contributed by atoms with Gasteiger partial charge in [-0.05, 0) is 43.6 Å². The first-order chi connectivity index (χ1) is 10.6. The smallest absolute Gasteiger partial charge is 0.307 e. The fourth-order valence-corrected chi connectivity index (χ4v) is 3.85. The molecule has 0 unspecified atom stereocenters. The number of piperidine rings is 2. The molecule has 0 radical (unpaired) electrons. The Morgan fingerprint density at radius 2 is 1.82 bits per heavy atom. The van der Waals surface area contributed by atoms with E-state index in [1.807, 2.05) is 35.2 Å². The first-order valence-electron chi connectivity index (χ1n) is 8.19. The fourth-order valence-electron chi connectivity index (χ4n) is 3.85. The van der Waals surface area contributed by atoms with Crippen LogP contribution in [0.3, 0.4) is 0 Å². The van der Waals surface area contributed by atoms with Crippen LogP contribution in [0.15, 0.2) is 30.3 Å². The summed E-state index contributed by atoms with van der Waals surface area (Å²) in [4.78, 5) is 26.0. The van der Waals surface area contributed by atoms with E-state index in [0.717, 1.165) is 24.9 Å². The van der Waals surface area contributed by atoms with Gasteiger partial charge < -0.3 is 10.0 Å². The van der Waals surface area contributed by atoms with Crippen LogP contribution in [-0.4, -0.2) is 34.5 Å². The minimum absolute atomic E-state index is 0.0257. The molecule has 2 aliphatic heterocycles. The summed E-state index contributed by atoms with van der Waals surface area (Å²) >= 11 is 0. The molecule has 1 aliphatic carbocycles. The summed E-state index contributed by atoms with van der Waals surface area (Å²) in [5.74, 6) is -0.848. The molecule has 2 heterocycles. The van der Waals surface area contributed by atoms with E-state index in [4.69, 9.17) is 0 Å². The van der Waals surface area contributed by atoms with Gasteiger partial charge in [0.2, 0.25) is 5.91 Å². The zero-order valence-corrected chi connectivity index (χ0v) is 12.8. The van der Waals surface area contributed by atoms with Crippen molar-refractivity contribution in [3.05, 3.63) is 35.9 Å². The molecular weight excluding hydrogens is 278 g/mol. The molecule has 1 saturated carbocycles. The first-order valence-corrected chi connectivity index (χ1v) is 8.19. The quantitative estimate of drug-likeness (QED) is 0.909. The average molecular weight is 301 g/mol. The third-order valence-corrected chi connectivity index (χ3v) is 5.13. The summed E-state index contributed by atoms with van der Waals surface area (Å²) in [6, 6.07) is 9.91. The lowest BCUT2D eigenvalue weighted by molar-refractivity contribution is -0.148. The summed E-state index contributed by atoms with van der Waals surface area (Å²) in [5, 5.41) is 9.44. The number of carboxylic acid groups (broad SMARTS) is 1. The molecule has 1 amide bonds. The van der Waals surface area contributed by atoms with Crippen molar-refractivity contribution in [2.45, 2.75) is 44.6 Å². The molecule has 1 aromatic rings. The number of nitrogens with zero attached hydrogens (tertiary/aromatic N) is 1. The van der Waals surface area contributed by atoms with Crippen molar-refractivity contribution in [1.82, 2.24) is 4.90 Å². The van der Waals surface area contributed by atoms with Crippen molar-refractivity contribution < 1.29 is 14.7 Å². The molecule has 2 bridgehead atoms. The van der Waals surface area contributed by atoms with E-state index in [0.29, 0.717) is 18.4 Å². The zero-order valence-electron chi connectivity index (χ0n) is 12.8. The van der Waals surface area contributed by atoms with Gasteiger partial charge in [0, 0.05) is 19.0 Å². The van der Waals surface area contributed by atoms with Crippen LogP contribution in [0, 0.1) is 11.8 Å². The van der Waals surface area contributed by atoms with E-state index in [-0.39, 0.29) is 12.3 Å². The van der Waals surface area contributed by atoms with Crippen LogP contribution in [0.2, 0.25) is 0 Å². The van der Waals surface area contributed by atoms with Crippen LogP contribution >= 0.6 is 0 Å². The Hall–Kier alpha value is -1.84. The molecule has 1 aromatic carbocycles. The molecule has 3 aliphatic rings. The summed E-state index contributed by atoms with van der Waals surface area (Å²) < 4.78 is 0. The van der Waals surface area contributed by atoms with Crippen LogP contribution in [0.5, 0.6) is 0 Å². The van der Waals surface area contributed by atoms with Gasteiger partial charge in [-0.3, -0.25) is 9.59 Å². The van der Waals surface area contributed by atoms with Crippen LogP contribution in [0.4, 0.5) is 0 Å². The minimum atomic E-state index is -0.876. The molecule has 0 spiro atoms. The standard InChI is InChI=1S/C18H23NO3/c20-17(19-12-14-6-8-16(19)9-7-14)11-15(18(21)22)10-13-4-2-1-3-5-13/h1-5,14-16H,6-12H2,(H,21,22)/t14?,15-,16?/m1/s1. The van der Waals surface area contributed by atoms with Gasteiger partial charge in [0.1, 0.15) is 0 Å². The third kappa shape index (κ3) is 3.32. The Morgan fingerprint density at radius 1 is 1.14 bits per heavy atom. The Kier molecular flexibility index (Phi) is 4.46. The molecule has 0 aromatic heterocycles. The van der Waals surface area contributed by atoms with Crippen LogP contribution < -0.4 is 0 Å². The van der Waals surface area contributed by atoms with Crippen molar-refractivity contribution in [2.75, 3.05) is 6.54 Å². The number of rotatable bonds is 5. The van der Waals surface area contributed by atoms with E-state index in [9.17, 15) is 14.7 Å². The van der Waals surface area contributed by atoms with E-state index in [1.165, 1.54) is 12.8 Å². The van der Waals surface area contributed by atoms with Gasteiger partial charge in [0.15, 0.2) is 0 Å². The number of hydrogen-bond donors (Lipinski definition) is 1. The van der Waals surface area contributed by atoms with Crippen molar-refractivity contribution in [1.29, 1.82) is 0 Å². The number of carboxylic acids is 1. The Labute approximate surface area is 131 Å². The summed E-state index contributed by atoms with van der Waals surface area (Å²) in [6.07, 6.45) is 5.17. The second-order valence-corrected chi connectivity index (χ2v) is 6.65. The van der Waals surface area contributed by atoms with E-state index in [1.54, 1.807) is 0 Å². The molecule has 22 heavy (non-hydrogen) atoms. The van der Waals surface area contributed by atoms with Gasteiger partial charge in [-0.25, -0.2) is 0 Å². The molecule has 1 N–H and O–H groups in total. The van der Waals surface area contributed by atoms with Crippen LogP contribution in [0.25, 0.3) is 0 Å². The maximum absolute atomic E-state index is 12.6. The van der Waals surface area contributed by atoms with E-state index in [2.05, 4.69) is 0 Å². The van der Waals surface area contributed by atoms with Crippen molar-refractivity contribution >= 4 is 11.9 Å². The molecule has 1 atom stereocenters. The van der Waals surface area contributed by atoms with Gasteiger partial charge in [0.25, 0.3) is 0 Å². The van der Waals surface area contributed by atoms with Gasteiger partial charge in [0.05, 0.1) is 5.92 Å². The van der Waals surface area contributed by atoms with E-state index < -0.39 is 11.9 Å². The lowest BCUT2D eigenvalue weighted by Gasteiger charge is -2.45. The highest BCUT2D eigenvalue weighted by Crippen LogP contribution is 2.35. The summed E-state index contributed by atoms with van der Waals surface area (Å²) in [5.41, 5.74) is 0.975. The molecule has 4 heteroatoms. The fraction of sp³-hybridized carbons (Fsp3) is 0.556. The Balaban J connectivity index is 1.63. The maximum Gasteiger partial charge on any atom is 0.307 e. The zero-order chi connectivity index (χ0) is 15.5. The van der Waals surface area contributed by atoms with Gasteiger partial charge in [-0.1, -0.05) is 30.3 Å². The average Bonchev–Trinajstić information content (AvgIpc) is 2.56. The topological polar surface area (TPSA) is 57.6 Å². The molecule has 3 fully saturated rings. The highest BCUT2D eigenvalue weighted by atomic mass is 16.4. The first kappa shape index (κ1) is 15.1. The SMILES string of the molecule is O=C(O)[C@@H](CC(=O)N1CC2CCC1CC2)Cc1ccccc1. The maximum atomic E-state index is 12.6. The normalized spacial score (nSPS) is 25.0. The third-order valence-electron chi connectivity index (χ3n) is 5.13.